The lowest BCUT2D eigenvalue weighted by Crippen LogP contribution is -2.42. The van der Waals surface area contributed by atoms with E-state index in [4.69, 9.17) is 5.11 Å². The first-order chi connectivity index (χ1) is 4.54. The summed E-state index contributed by atoms with van der Waals surface area (Å²) in [6, 6.07) is 0. The maximum atomic E-state index is 10.4. The van der Waals surface area contributed by atoms with Gasteiger partial charge in [0.2, 0.25) is 0 Å². The van der Waals surface area contributed by atoms with Gasteiger partial charge in [-0.2, -0.15) is 4.99 Å². The zero-order valence-electron chi connectivity index (χ0n) is 5.90. The quantitative estimate of drug-likeness (QED) is 0.524. The zero-order valence-corrected chi connectivity index (χ0v) is 5.90. The van der Waals surface area contributed by atoms with Crippen molar-refractivity contribution in [2.24, 2.45) is 4.99 Å². The highest BCUT2D eigenvalue weighted by Gasteiger charge is 2.31. The van der Waals surface area contributed by atoms with Gasteiger partial charge in [0, 0.05) is 0 Å². The van der Waals surface area contributed by atoms with Gasteiger partial charge in [-0.05, 0) is 0 Å². The summed E-state index contributed by atoms with van der Waals surface area (Å²) in [5, 5.41) is 8.56. The van der Waals surface area contributed by atoms with Crippen molar-refractivity contribution in [1.82, 2.24) is 0 Å². The van der Waals surface area contributed by atoms with Gasteiger partial charge in [-0.3, -0.25) is 0 Å². The van der Waals surface area contributed by atoms with Crippen LogP contribution in [-0.4, -0.2) is 35.5 Å². The molecule has 0 saturated heterocycles. The van der Waals surface area contributed by atoms with Crippen LogP contribution in [0.2, 0.25) is 0 Å². The molecule has 0 amide bonds. The molecular weight excluding hydrogens is 132 g/mol. The summed E-state index contributed by atoms with van der Waals surface area (Å²) in [7, 11) is 3.52. The largest absolute Gasteiger partial charge is 0.472 e. The van der Waals surface area contributed by atoms with E-state index in [1.54, 1.807) is 20.3 Å². The van der Waals surface area contributed by atoms with E-state index in [1.807, 2.05) is 0 Å². The lowest BCUT2D eigenvalue weighted by Gasteiger charge is -2.17. The molecule has 0 aromatic carbocycles. The molecule has 0 radical (unpaired) electrons. The van der Waals surface area contributed by atoms with Crippen molar-refractivity contribution in [2.75, 3.05) is 14.1 Å². The molecule has 54 valence electrons. The molecule has 1 N–H and O–H groups in total. The maximum Gasteiger partial charge on any atom is 0.412 e. The molecular formula is C6H9N2O2+. The van der Waals surface area contributed by atoms with Crippen LogP contribution in [0.5, 0.6) is 0 Å². The van der Waals surface area contributed by atoms with Crippen LogP contribution >= 0.6 is 0 Å². The number of amidine groups is 1. The number of likely N-dealkylation sites (N-methyl/N-ethyl adjacent to an activating group) is 1. The molecule has 1 aliphatic rings. The van der Waals surface area contributed by atoms with Gasteiger partial charge in [-0.15, -0.1) is 0 Å². The summed E-state index contributed by atoms with van der Waals surface area (Å²) in [5.41, 5.74) is 0. The minimum atomic E-state index is -0.963. The molecule has 1 heterocycles. The Bertz CT molecular complexity index is 228. The number of aliphatic carboxylic acids is 1. The number of carbonyl (C=O) groups is 1. The number of quaternary nitrogens is 1. The fourth-order valence-electron chi connectivity index (χ4n) is 0.792. The Morgan fingerprint density at radius 1 is 1.70 bits per heavy atom. The number of nitrogens with zero attached hydrogens (tertiary/aromatic N) is 2. The van der Waals surface area contributed by atoms with E-state index in [9.17, 15) is 4.79 Å². The SMILES string of the molecule is C[N+]1(C)C=CN=C1C(=O)O. The van der Waals surface area contributed by atoms with Crippen LogP contribution in [0.15, 0.2) is 17.4 Å². The Morgan fingerprint density at radius 2 is 2.30 bits per heavy atom. The molecule has 0 bridgehead atoms. The minimum Gasteiger partial charge on any atom is -0.472 e. The molecule has 0 aromatic heterocycles. The van der Waals surface area contributed by atoms with Crippen LogP contribution in [0.4, 0.5) is 0 Å². The van der Waals surface area contributed by atoms with Gasteiger partial charge < -0.3 is 5.11 Å². The Labute approximate surface area is 58.7 Å². The van der Waals surface area contributed by atoms with Gasteiger partial charge in [-0.1, -0.05) is 0 Å². The standard InChI is InChI=1S/C6H8N2O2/c1-8(2)4-3-7-5(8)6(9)10/h3-4H,1-2H3/p+1. The number of carboxylic acid groups (broad SMARTS) is 1. The van der Waals surface area contributed by atoms with Crippen LogP contribution < -0.4 is 0 Å². The first kappa shape index (κ1) is 6.95. The number of hydrogen-bond acceptors (Lipinski definition) is 2. The van der Waals surface area contributed by atoms with E-state index in [-0.39, 0.29) is 10.3 Å². The summed E-state index contributed by atoms with van der Waals surface area (Å²) in [5.74, 6) is -0.810. The molecule has 0 atom stereocenters. The lowest BCUT2D eigenvalue weighted by atomic mass is 10.5. The molecule has 0 spiro atoms. The van der Waals surface area contributed by atoms with E-state index in [0.717, 1.165) is 0 Å². The number of aliphatic imine (C=N–C) groups is 1. The van der Waals surface area contributed by atoms with E-state index < -0.39 is 5.97 Å². The predicted octanol–water partition coefficient (Wildman–Crippen LogP) is 0.0307. The first-order valence-corrected chi connectivity index (χ1v) is 2.87. The van der Waals surface area contributed by atoms with Crippen molar-refractivity contribution in [3.63, 3.8) is 0 Å². The van der Waals surface area contributed by atoms with E-state index in [0.29, 0.717) is 0 Å². The average Bonchev–Trinajstić information content (AvgIpc) is 2.08. The number of hydrogen-bond donors (Lipinski definition) is 1. The predicted molar refractivity (Wildman–Crippen MR) is 36.3 cm³/mol. The topological polar surface area (TPSA) is 49.7 Å². The minimum absolute atomic E-state index is 0.153. The Hall–Kier alpha value is -1.16. The van der Waals surface area contributed by atoms with E-state index in [1.165, 1.54) is 6.20 Å². The lowest BCUT2D eigenvalue weighted by molar-refractivity contribution is -0.738. The molecule has 4 nitrogen and oxygen atoms in total. The van der Waals surface area contributed by atoms with Crippen molar-refractivity contribution >= 4 is 11.8 Å². The smallest absolute Gasteiger partial charge is 0.412 e. The molecule has 0 fully saturated rings. The second kappa shape index (κ2) is 1.91. The van der Waals surface area contributed by atoms with Gasteiger partial charge in [0.15, 0.2) is 0 Å². The third-order valence-electron chi connectivity index (χ3n) is 1.37. The zero-order chi connectivity index (χ0) is 7.78. The van der Waals surface area contributed by atoms with Crippen molar-refractivity contribution < 1.29 is 14.4 Å². The summed E-state index contributed by atoms with van der Waals surface area (Å²) < 4.78 is 0.218. The van der Waals surface area contributed by atoms with E-state index in [2.05, 4.69) is 4.99 Å². The maximum absolute atomic E-state index is 10.4. The normalized spacial score (nSPS) is 20.8. The third kappa shape index (κ3) is 0.930. The highest BCUT2D eigenvalue weighted by Crippen LogP contribution is 2.08. The van der Waals surface area contributed by atoms with Crippen molar-refractivity contribution in [3.8, 4) is 0 Å². The molecule has 1 aliphatic heterocycles. The molecule has 1 rings (SSSR count). The van der Waals surface area contributed by atoms with Crippen LogP contribution in [0.3, 0.4) is 0 Å². The van der Waals surface area contributed by atoms with Crippen LogP contribution in [0, 0.1) is 0 Å². The molecule has 10 heavy (non-hydrogen) atoms. The Morgan fingerprint density at radius 3 is 2.50 bits per heavy atom. The second-order valence-electron chi connectivity index (χ2n) is 2.60. The van der Waals surface area contributed by atoms with Gasteiger partial charge in [0.25, 0.3) is 0 Å². The summed E-state index contributed by atoms with van der Waals surface area (Å²) in [6.45, 7) is 0. The van der Waals surface area contributed by atoms with Crippen LogP contribution in [-0.2, 0) is 4.79 Å². The van der Waals surface area contributed by atoms with Gasteiger partial charge in [0.05, 0.1) is 20.3 Å². The second-order valence-corrected chi connectivity index (χ2v) is 2.60. The summed E-state index contributed by atoms with van der Waals surface area (Å²) in [6.07, 6.45) is 3.22. The van der Waals surface area contributed by atoms with Crippen molar-refractivity contribution in [2.45, 2.75) is 0 Å². The highest BCUT2D eigenvalue weighted by atomic mass is 16.4. The molecule has 4 heteroatoms. The van der Waals surface area contributed by atoms with Crippen molar-refractivity contribution in [3.05, 3.63) is 12.4 Å². The van der Waals surface area contributed by atoms with Crippen LogP contribution in [0.1, 0.15) is 0 Å². The van der Waals surface area contributed by atoms with Crippen molar-refractivity contribution in [1.29, 1.82) is 0 Å². The van der Waals surface area contributed by atoms with Gasteiger partial charge >= 0.3 is 11.8 Å². The Kier molecular flexibility index (Phi) is 1.33. The van der Waals surface area contributed by atoms with Gasteiger partial charge in [0.1, 0.15) is 6.20 Å². The third-order valence-corrected chi connectivity index (χ3v) is 1.37. The molecule has 0 unspecified atom stereocenters. The monoisotopic (exact) mass is 141 g/mol. The van der Waals surface area contributed by atoms with E-state index >= 15 is 0 Å². The Balaban J connectivity index is 2.93. The fraction of sp³-hybridized carbons (Fsp3) is 0.333. The summed E-state index contributed by atoms with van der Waals surface area (Å²) in [4.78, 5) is 14.1. The first-order valence-electron chi connectivity index (χ1n) is 2.87. The van der Waals surface area contributed by atoms with Gasteiger partial charge in [-0.25, -0.2) is 9.28 Å². The average molecular weight is 141 g/mol. The molecule has 0 aliphatic carbocycles. The van der Waals surface area contributed by atoms with Crippen LogP contribution in [0.25, 0.3) is 0 Å². The number of rotatable bonds is 1. The fourth-order valence-corrected chi connectivity index (χ4v) is 0.792. The molecule has 0 aromatic rings. The number of carboxylic acids is 1. The highest BCUT2D eigenvalue weighted by molar-refractivity contribution is 6.31. The molecule has 0 saturated carbocycles. The summed E-state index contributed by atoms with van der Waals surface area (Å²) >= 11 is 0.